The fourth-order valence-corrected chi connectivity index (χ4v) is 3.87. The van der Waals surface area contributed by atoms with Crippen molar-refractivity contribution in [2.24, 2.45) is 4.99 Å². The number of rotatable bonds is 8. The molecule has 0 aliphatic heterocycles. The van der Waals surface area contributed by atoms with Gasteiger partial charge in [-0.25, -0.2) is 8.42 Å². The lowest BCUT2D eigenvalue weighted by molar-refractivity contribution is -0.777. The standard InChI is InChI=1S/C16H10N2O6S4/c17-9-26-14-6-4-12(16(8-14)28(20,21)22)2-1-11-3-5-13(18-10-25)7-15(11)27-24-23-19/h1-8,19H,(H,20,21,22)/p-2/b2-1+. The minimum absolute atomic E-state index is 0.134. The Bertz CT molecular complexity index is 1090. The lowest BCUT2D eigenvalue weighted by Crippen LogP contribution is -2.01. The molecule has 28 heavy (non-hydrogen) atoms. The molecule has 0 atom stereocenters. The zero-order valence-corrected chi connectivity index (χ0v) is 16.9. The second kappa shape index (κ2) is 10.5. The van der Waals surface area contributed by atoms with Crippen LogP contribution in [-0.2, 0) is 19.5 Å². The molecule has 0 N–H and O–H groups in total. The summed E-state index contributed by atoms with van der Waals surface area (Å²) in [5.74, 6) is 0. The van der Waals surface area contributed by atoms with Gasteiger partial charge >= 0.3 is 0 Å². The Kier molecular flexibility index (Phi) is 8.34. The van der Waals surface area contributed by atoms with Crippen LogP contribution < -0.4 is 5.26 Å². The molecule has 0 saturated carbocycles. The first kappa shape index (κ1) is 22.3. The smallest absolute Gasteiger partial charge is 0.138 e. The van der Waals surface area contributed by atoms with Crippen LogP contribution in [0.15, 0.2) is 56.1 Å². The van der Waals surface area contributed by atoms with E-state index in [0.29, 0.717) is 33.1 Å². The van der Waals surface area contributed by atoms with Crippen molar-refractivity contribution >= 4 is 69.1 Å². The van der Waals surface area contributed by atoms with Crippen LogP contribution in [-0.4, -0.2) is 18.1 Å². The maximum Gasteiger partial charge on any atom is 0.138 e. The average molecular weight is 453 g/mol. The van der Waals surface area contributed by atoms with E-state index in [0.717, 1.165) is 17.8 Å². The summed E-state index contributed by atoms with van der Waals surface area (Å²) < 4.78 is 39.0. The van der Waals surface area contributed by atoms with E-state index in [-0.39, 0.29) is 5.56 Å². The number of hydrogen-bond acceptors (Lipinski definition) is 11. The van der Waals surface area contributed by atoms with E-state index in [1.54, 1.807) is 18.2 Å². The third-order valence-corrected chi connectivity index (χ3v) is 5.40. The fourth-order valence-electron chi connectivity index (χ4n) is 2.07. The van der Waals surface area contributed by atoms with Crippen LogP contribution in [0.4, 0.5) is 5.69 Å². The lowest BCUT2D eigenvalue weighted by Gasteiger charge is -2.12. The molecule has 12 heteroatoms. The fraction of sp³-hybridized carbons (Fsp3) is 0. The highest BCUT2D eigenvalue weighted by molar-refractivity contribution is 8.03. The van der Waals surface area contributed by atoms with Gasteiger partial charge in [-0.15, -0.1) is 0 Å². The van der Waals surface area contributed by atoms with Crippen molar-refractivity contribution in [1.29, 1.82) is 5.26 Å². The number of nitrogens with zero attached hydrogens (tertiary/aromatic N) is 2. The molecule has 0 aliphatic carbocycles. The van der Waals surface area contributed by atoms with E-state index in [9.17, 15) is 18.2 Å². The third-order valence-electron chi connectivity index (χ3n) is 3.18. The summed E-state index contributed by atoms with van der Waals surface area (Å²) in [6.45, 7) is 0. The van der Waals surface area contributed by atoms with Crippen molar-refractivity contribution < 1.29 is 27.6 Å². The van der Waals surface area contributed by atoms with Crippen LogP contribution >= 0.6 is 36.0 Å². The summed E-state index contributed by atoms with van der Waals surface area (Å²) in [7, 11) is -4.77. The molecule has 0 radical (unpaired) electrons. The SMILES string of the molecule is N#CSc1ccc(/C=C/c2ccc(N=C=S)cc2SOO[O-])c(S(=O)(=O)[O-])c1. The van der Waals surface area contributed by atoms with E-state index in [1.165, 1.54) is 24.3 Å². The number of thioether (sulfide) groups is 1. The van der Waals surface area contributed by atoms with Crippen LogP contribution in [0.25, 0.3) is 12.2 Å². The number of benzene rings is 2. The van der Waals surface area contributed by atoms with Crippen molar-refractivity contribution in [3.05, 3.63) is 47.5 Å². The molecule has 0 spiro atoms. The molecule has 0 unspecified atom stereocenters. The summed E-state index contributed by atoms with van der Waals surface area (Å²) in [6.07, 6.45) is 2.92. The molecular formula is C16H8N2O6S4-2. The summed E-state index contributed by atoms with van der Waals surface area (Å²) in [6, 6.07) is 8.83. The second-order valence-corrected chi connectivity index (χ2v) is 7.96. The molecular weight excluding hydrogens is 444 g/mol. The minimum Gasteiger partial charge on any atom is -0.744 e. The number of isothiocyanates is 1. The Morgan fingerprint density at radius 2 is 1.89 bits per heavy atom. The lowest BCUT2D eigenvalue weighted by atomic mass is 10.1. The third kappa shape index (κ3) is 6.25. The first-order valence-electron chi connectivity index (χ1n) is 7.08. The molecule has 0 heterocycles. The quantitative estimate of drug-likeness (QED) is 0.0675. The molecule has 0 aliphatic rings. The second-order valence-electron chi connectivity index (χ2n) is 4.83. The van der Waals surface area contributed by atoms with E-state index in [4.69, 9.17) is 5.26 Å². The molecule has 2 aromatic rings. The van der Waals surface area contributed by atoms with Crippen molar-refractivity contribution in [3.63, 3.8) is 0 Å². The highest BCUT2D eigenvalue weighted by Gasteiger charge is 2.10. The maximum absolute atomic E-state index is 11.6. The highest BCUT2D eigenvalue weighted by Crippen LogP contribution is 2.31. The van der Waals surface area contributed by atoms with E-state index < -0.39 is 15.0 Å². The van der Waals surface area contributed by atoms with Crippen molar-refractivity contribution in [2.45, 2.75) is 14.7 Å². The van der Waals surface area contributed by atoms with Gasteiger partial charge in [-0.05, 0) is 59.4 Å². The summed E-state index contributed by atoms with van der Waals surface area (Å²) in [5.41, 5.74) is 1.11. The topological polar surface area (TPSA) is 135 Å². The van der Waals surface area contributed by atoms with Crippen molar-refractivity contribution in [3.8, 4) is 5.40 Å². The van der Waals surface area contributed by atoms with Gasteiger partial charge in [0, 0.05) is 9.79 Å². The molecule has 0 fully saturated rings. The first-order valence-corrected chi connectivity index (χ1v) is 10.5. The van der Waals surface area contributed by atoms with Crippen LogP contribution in [0.2, 0.25) is 0 Å². The van der Waals surface area contributed by atoms with Gasteiger partial charge in [0.15, 0.2) is 0 Å². The molecule has 0 saturated heterocycles. The van der Waals surface area contributed by atoms with Gasteiger partial charge in [0.25, 0.3) is 0 Å². The molecule has 2 aromatic carbocycles. The van der Waals surface area contributed by atoms with Crippen LogP contribution in [0.5, 0.6) is 0 Å². The van der Waals surface area contributed by atoms with Crippen LogP contribution in [0.3, 0.4) is 0 Å². The Morgan fingerprint density at radius 3 is 2.54 bits per heavy atom. The molecule has 144 valence electrons. The molecule has 2 rings (SSSR count). The largest absolute Gasteiger partial charge is 0.744 e. The minimum atomic E-state index is -4.77. The van der Waals surface area contributed by atoms with Crippen LogP contribution in [0.1, 0.15) is 11.1 Å². The number of hydrogen-bond donors (Lipinski definition) is 0. The monoisotopic (exact) mass is 452 g/mol. The van der Waals surface area contributed by atoms with Crippen LogP contribution in [0, 0.1) is 10.7 Å². The van der Waals surface area contributed by atoms with Gasteiger partial charge in [0.2, 0.25) is 0 Å². The zero-order valence-electron chi connectivity index (χ0n) is 13.6. The van der Waals surface area contributed by atoms with Crippen molar-refractivity contribution in [2.75, 3.05) is 0 Å². The number of aliphatic imine (C=N–C) groups is 1. The Morgan fingerprint density at radius 1 is 1.18 bits per heavy atom. The predicted molar refractivity (Wildman–Crippen MR) is 104 cm³/mol. The Labute approximate surface area is 174 Å². The average Bonchev–Trinajstić information content (AvgIpc) is 2.66. The van der Waals surface area contributed by atoms with Gasteiger partial charge in [-0.3, -0.25) is 5.04 Å². The number of thiocarbonyl (C=S) groups is 1. The predicted octanol–water partition coefficient (Wildman–Crippen LogP) is 3.30. The number of thiocyanates is 1. The highest BCUT2D eigenvalue weighted by atomic mass is 32.2. The molecule has 8 nitrogen and oxygen atoms in total. The van der Waals surface area contributed by atoms with Gasteiger partial charge in [-0.1, -0.05) is 24.3 Å². The summed E-state index contributed by atoms with van der Waals surface area (Å²) >= 11 is 5.89. The van der Waals surface area contributed by atoms with E-state index in [1.807, 2.05) is 5.40 Å². The first-order chi connectivity index (χ1) is 13.4. The Hall–Kier alpha value is -2.04. The molecule has 0 bridgehead atoms. The summed E-state index contributed by atoms with van der Waals surface area (Å²) in [5, 5.41) is 26.2. The van der Waals surface area contributed by atoms with E-state index in [2.05, 4.69) is 31.7 Å². The van der Waals surface area contributed by atoms with Gasteiger partial charge in [-0.2, -0.15) is 14.6 Å². The van der Waals surface area contributed by atoms with E-state index >= 15 is 0 Å². The van der Waals surface area contributed by atoms with Gasteiger partial charge in [0.1, 0.15) is 15.5 Å². The molecule has 0 aromatic heterocycles. The Balaban J connectivity index is 2.47. The van der Waals surface area contributed by atoms with Gasteiger partial charge in [0.05, 0.1) is 27.8 Å². The zero-order chi connectivity index (χ0) is 20.6. The maximum atomic E-state index is 11.6. The normalized spacial score (nSPS) is 11.2. The number of nitriles is 1. The van der Waals surface area contributed by atoms with Crippen molar-refractivity contribution in [1.82, 2.24) is 0 Å². The molecule has 0 amide bonds. The van der Waals surface area contributed by atoms with Gasteiger partial charge < -0.3 is 9.81 Å². The summed E-state index contributed by atoms with van der Waals surface area (Å²) in [4.78, 5) is 4.10.